The summed E-state index contributed by atoms with van der Waals surface area (Å²) in [6.45, 7) is 0. The molecule has 1 heterocycles. The van der Waals surface area contributed by atoms with Gasteiger partial charge in [0.1, 0.15) is 11.6 Å². The molecule has 2 aromatic carbocycles. The highest BCUT2D eigenvalue weighted by Gasteiger charge is 2.48. The average Bonchev–Trinajstić information content (AvgIpc) is 3.06. The van der Waals surface area contributed by atoms with E-state index in [-0.39, 0.29) is 5.82 Å². The van der Waals surface area contributed by atoms with E-state index in [0.29, 0.717) is 16.6 Å². The average molecular weight is 356 g/mol. The molecule has 4 rings (SSSR count). The maximum absolute atomic E-state index is 14.8. The number of nitrogens with zero attached hydrogens (tertiary/aromatic N) is 1. The van der Waals surface area contributed by atoms with E-state index in [1.165, 1.54) is 0 Å². The highest BCUT2D eigenvalue weighted by atomic mass is 32.2. The Balaban J connectivity index is 1.84. The molecule has 0 saturated heterocycles. The van der Waals surface area contributed by atoms with E-state index in [9.17, 15) is 4.39 Å². The lowest BCUT2D eigenvalue weighted by molar-refractivity contribution is 0.341. The molecule has 25 heavy (non-hydrogen) atoms. The van der Waals surface area contributed by atoms with Crippen molar-refractivity contribution in [2.75, 3.05) is 12.9 Å². The van der Waals surface area contributed by atoms with Gasteiger partial charge >= 0.3 is 0 Å². The van der Waals surface area contributed by atoms with E-state index >= 15 is 0 Å². The number of halogens is 1. The summed E-state index contributed by atoms with van der Waals surface area (Å²) in [6, 6.07) is 13.2. The number of benzene rings is 2. The highest BCUT2D eigenvalue weighted by molar-refractivity contribution is 8.13. The highest BCUT2D eigenvalue weighted by Crippen LogP contribution is 2.51. The SMILES string of the molecule is COc1cccc(-c2ccc(F)c(C34CCCC3CSC(N)=N4)c2)c1. The molecule has 2 aliphatic rings. The molecule has 0 bridgehead atoms. The van der Waals surface area contributed by atoms with Gasteiger partial charge < -0.3 is 10.5 Å². The van der Waals surface area contributed by atoms with E-state index in [2.05, 4.69) is 0 Å². The lowest BCUT2D eigenvalue weighted by Crippen LogP contribution is -2.37. The molecule has 0 radical (unpaired) electrons. The summed E-state index contributed by atoms with van der Waals surface area (Å²) < 4.78 is 20.1. The minimum Gasteiger partial charge on any atom is -0.497 e. The van der Waals surface area contributed by atoms with Crippen molar-refractivity contribution in [1.29, 1.82) is 0 Å². The summed E-state index contributed by atoms with van der Waals surface area (Å²) in [6.07, 6.45) is 2.99. The molecule has 1 fully saturated rings. The van der Waals surface area contributed by atoms with E-state index in [0.717, 1.165) is 41.9 Å². The summed E-state index contributed by atoms with van der Waals surface area (Å²) in [7, 11) is 1.65. The second-order valence-electron chi connectivity index (χ2n) is 6.70. The van der Waals surface area contributed by atoms with Gasteiger partial charge in [-0.05, 0) is 54.2 Å². The summed E-state index contributed by atoms with van der Waals surface area (Å²) in [4.78, 5) is 4.77. The van der Waals surface area contributed by atoms with Crippen molar-refractivity contribution in [3.05, 3.63) is 53.8 Å². The van der Waals surface area contributed by atoms with Crippen LogP contribution in [-0.2, 0) is 5.54 Å². The molecule has 3 nitrogen and oxygen atoms in total. The second kappa shape index (κ2) is 6.37. The van der Waals surface area contributed by atoms with Crippen LogP contribution in [0.4, 0.5) is 4.39 Å². The quantitative estimate of drug-likeness (QED) is 0.877. The molecule has 1 aliphatic heterocycles. The van der Waals surface area contributed by atoms with Crippen LogP contribution < -0.4 is 10.5 Å². The Labute approximate surface area is 151 Å². The van der Waals surface area contributed by atoms with Gasteiger partial charge in [-0.3, -0.25) is 4.99 Å². The smallest absolute Gasteiger partial charge is 0.154 e. The lowest BCUT2D eigenvalue weighted by atomic mass is 9.80. The first-order valence-electron chi connectivity index (χ1n) is 8.55. The summed E-state index contributed by atoms with van der Waals surface area (Å²) in [5.74, 6) is 1.86. The minimum absolute atomic E-state index is 0.193. The molecule has 0 spiro atoms. The van der Waals surface area contributed by atoms with Gasteiger partial charge in [-0.25, -0.2) is 4.39 Å². The van der Waals surface area contributed by atoms with Crippen molar-refractivity contribution >= 4 is 16.9 Å². The molecule has 2 aromatic rings. The number of amidine groups is 1. The Morgan fingerprint density at radius 3 is 2.92 bits per heavy atom. The molecule has 2 atom stereocenters. The van der Waals surface area contributed by atoms with Crippen LogP contribution in [0.5, 0.6) is 5.75 Å². The Hall–Kier alpha value is -2.01. The van der Waals surface area contributed by atoms with E-state index in [1.807, 2.05) is 36.4 Å². The normalized spacial score (nSPS) is 25.4. The Morgan fingerprint density at radius 1 is 1.24 bits per heavy atom. The van der Waals surface area contributed by atoms with Crippen molar-refractivity contribution in [2.24, 2.45) is 16.6 Å². The Morgan fingerprint density at radius 2 is 2.08 bits per heavy atom. The molecular weight excluding hydrogens is 335 g/mol. The van der Waals surface area contributed by atoms with Gasteiger partial charge in [0.25, 0.3) is 0 Å². The number of hydrogen-bond donors (Lipinski definition) is 1. The van der Waals surface area contributed by atoms with Gasteiger partial charge in [0.15, 0.2) is 5.17 Å². The predicted molar refractivity (Wildman–Crippen MR) is 101 cm³/mol. The fraction of sp³-hybridized carbons (Fsp3) is 0.350. The number of methoxy groups -OCH3 is 1. The second-order valence-corrected chi connectivity index (χ2v) is 7.74. The van der Waals surface area contributed by atoms with Gasteiger partial charge in [-0.2, -0.15) is 0 Å². The van der Waals surface area contributed by atoms with Crippen LogP contribution in [0.25, 0.3) is 11.1 Å². The van der Waals surface area contributed by atoms with Crippen LogP contribution >= 0.6 is 11.8 Å². The number of rotatable bonds is 3. The van der Waals surface area contributed by atoms with Crippen molar-refractivity contribution < 1.29 is 9.13 Å². The zero-order chi connectivity index (χ0) is 17.4. The molecule has 0 aromatic heterocycles. The van der Waals surface area contributed by atoms with E-state index in [4.69, 9.17) is 15.5 Å². The number of nitrogens with two attached hydrogens (primary N) is 1. The standard InChI is InChI=1S/C20H21FN2OS/c1-24-16-6-2-4-13(10-16)14-7-8-18(21)17(11-14)20-9-3-5-15(20)12-25-19(22)23-20/h2,4,6-8,10-11,15H,3,5,9,12H2,1H3,(H2,22,23). The van der Waals surface area contributed by atoms with Crippen molar-refractivity contribution in [3.8, 4) is 16.9 Å². The van der Waals surface area contributed by atoms with Crippen LogP contribution in [0.2, 0.25) is 0 Å². The first-order chi connectivity index (χ1) is 12.1. The van der Waals surface area contributed by atoms with Crippen LogP contribution in [0.1, 0.15) is 24.8 Å². The topological polar surface area (TPSA) is 47.6 Å². The Kier molecular flexibility index (Phi) is 4.20. The first-order valence-corrected chi connectivity index (χ1v) is 9.53. The monoisotopic (exact) mass is 356 g/mol. The van der Waals surface area contributed by atoms with Crippen molar-refractivity contribution in [3.63, 3.8) is 0 Å². The van der Waals surface area contributed by atoms with Crippen LogP contribution in [0.15, 0.2) is 47.5 Å². The molecule has 5 heteroatoms. The zero-order valence-corrected chi connectivity index (χ0v) is 15.0. The van der Waals surface area contributed by atoms with Gasteiger partial charge in [0.05, 0.1) is 12.6 Å². The summed E-state index contributed by atoms with van der Waals surface area (Å²) in [5, 5.41) is 0.573. The maximum atomic E-state index is 14.8. The minimum atomic E-state index is -0.506. The van der Waals surface area contributed by atoms with E-state index in [1.54, 1.807) is 24.9 Å². The number of hydrogen-bond acceptors (Lipinski definition) is 4. The van der Waals surface area contributed by atoms with Gasteiger partial charge in [0.2, 0.25) is 0 Å². The summed E-state index contributed by atoms with van der Waals surface area (Å²) in [5.41, 5.74) is 8.18. The predicted octanol–water partition coefficient (Wildman–Crippen LogP) is 4.56. The number of aliphatic imine (C=N–C) groups is 1. The molecular formula is C20H21FN2OS. The maximum Gasteiger partial charge on any atom is 0.154 e. The van der Waals surface area contributed by atoms with Gasteiger partial charge in [0, 0.05) is 11.3 Å². The lowest BCUT2D eigenvalue weighted by Gasteiger charge is -2.36. The fourth-order valence-electron chi connectivity index (χ4n) is 4.10. The number of thioether (sulfide) groups is 1. The zero-order valence-electron chi connectivity index (χ0n) is 14.2. The summed E-state index contributed by atoms with van der Waals surface area (Å²) >= 11 is 1.59. The molecule has 2 unspecified atom stereocenters. The Bertz CT molecular complexity index is 838. The van der Waals surface area contributed by atoms with Crippen molar-refractivity contribution in [2.45, 2.75) is 24.8 Å². The number of fused-ring (bicyclic) bond motifs is 1. The van der Waals surface area contributed by atoms with Gasteiger partial charge in [-0.1, -0.05) is 36.4 Å². The van der Waals surface area contributed by atoms with Gasteiger partial charge in [-0.15, -0.1) is 0 Å². The van der Waals surface area contributed by atoms with Crippen molar-refractivity contribution in [1.82, 2.24) is 0 Å². The van der Waals surface area contributed by atoms with Crippen LogP contribution in [-0.4, -0.2) is 18.0 Å². The largest absolute Gasteiger partial charge is 0.497 e. The number of ether oxygens (including phenoxy) is 1. The third kappa shape index (κ3) is 2.80. The molecule has 2 N–H and O–H groups in total. The third-order valence-electron chi connectivity index (χ3n) is 5.36. The molecule has 1 saturated carbocycles. The van der Waals surface area contributed by atoms with Crippen LogP contribution in [0.3, 0.4) is 0 Å². The molecule has 0 amide bonds. The van der Waals surface area contributed by atoms with E-state index < -0.39 is 5.54 Å². The third-order valence-corrected chi connectivity index (χ3v) is 6.32. The van der Waals surface area contributed by atoms with Crippen LogP contribution in [0, 0.1) is 11.7 Å². The first kappa shape index (κ1) is 16.5. The molecule has 1 aliphatic carbocycles. The fourth-order valence-corrected chi connectivity index (χ4v) is 5.14. The molecule has 130 valence electrons.